The maximum absolute atomic E-state index is 5.11. The monoisotopic (exact) mass is 256 g/mol. The van der Waals surface area contributed by atoms with Gasteiger partial charge in [-0.2, -0.15) is 5.10 Å². The number of rotatable bonds is 5. The summed E-state index contributed by atoms with van der Waals surface area (Å²) < 4.78 is 7.10. The minimum atomic E-state index is 0.696. The van der Waals surface area contributed by atoms with Gasteiger partial charge in [0, 0.05) is 17.7 Å². The second-order valence-electron chi connectivity index (χ2n) is 4.24. The van der Waals surface area contributed by atoms with Crippen molar-refractivity contribution in [3.05, 3.63) is 59.9 Å². The van der Waals surface area contributed by atoms with Gasteiger partial charge in [0.1, 0.15) is 12.8 Å². The van der Waals surface area contributed by atoms with Crippen molar-refractivity contribution in [1.29, 1.82) is 0 Å². The molecule has 4 heteroatoms. The molecule has 0 unspecified atom stereocenters. The first-order valence-corrected chi connectivity index (χ1v) is 6.12. The maximum Gasteiger partial charge on any atom is 0.169 e. The molecule has 1 aromatic heterocycles. The molecule has 0 saturated heterocycles. The van der Waals surface area contributed by atoms with Crippen molar-refractivity contribution in [3.63, 3.8) is 0 Å². The van der Waals surface area contributed by atoms with Crippen LogP contribution in [0.1, 0.15) is 11.1 Å². The van der Waals surface area contributed by atoms with Crippen LogP contribution in [-0.2, 0) is 13.6 Å². The highest BCUT2D eigenvalue weighted by Gasteiger charge is 1.94. The number of nitrogens with zero attached hydrogens (tertiary/aromatic N) is 2. The molecule has 0 aliphatic carbocycles. The highest BCUT2D eigenvalue weighted by atomic mass is 16.5. The number of hydrogen-bond donors (Lipinski definition) is 1. The van der Waals surface area contributed by atoms with Gasteiger partial charge in [0.25, 0.3) is 0 Å². The van der Waals surface area contributed by atoms with Crippen molar-refractivity contribution >= 4 is 6.21 Å². The molecule has 0 aliphatic heterocycles. The van der Waals surface area contributed by atoms with Crippen molar-refractivity contribution in [2.24, 2.45) is 12.1 Å². The quantitative estimate of drug-likeness (QED) is 0.502. The fourth-order valence-electron chi connectivity index (χ4n) is 1.60. The third-order valence-corrected chi connectivity index (χ3v) is 2.75. The van der Waals surface area contributed by atoms with E-state index in [1.807, 2.05) is 66.6 Å². The van der Waals surface area contributed by atoms with Crippen molar-refractivity contribution in [1.82, 2.24) is 5.43 Å². The Labute approximate surface area is 113 Å². The predicted octanol–water partition coefficient (Wildman–Crippen LogP) is 1.64. The van der Waals surface area contributed by atoms with Crippen LogP contribution in [0.3, 0.4) is 0 Å². The standard InChI is InChI=1S/C15H17N3O/c1-18-9-7-14(8-10-18)12-17-16-11-13-3-5-15(19-2)6-4-13/h3-10,12H,11H2,1-2H3/p+1. The molecular formula is C15H18N3O+. The number of nitrogens with one attached hydrogen (secondary N) is 1. The van der Waals surface area contributed by atoms with E-state index < -0.39 is 0 Å². The summed E-state index contributed by atoms with van der Waals surface area (Å²) in [5.74, 6) is 0.865. The van der Waals surface area contributed by atoms with Gasteiger partial charge in [0.2, 0.25) is 0 Å². The zero-order valence-corrected chi connectivity index (χ0v) is 11.2. The van der Waals surface area contributed by atoms with E-state index in [-0.39, 0.29) is 0 Å². The van der Waals surface area contributed by atoms with Gasteiger partial charge in [-0.1, -0.05) is 12.1 Å². The molecule has 0 aliphatic rings. The summed E-state index contributed by atoms with van der Waals surface area (Å²) in [5, 5.41) is 4.19. The van der Waals surface area contributed by atoms with Gasteiger partial charge < -0.3 is 10.2 Å². The largest absolute Gasteiger partial charge is 0.497 e. The molecule has 0 amide bonds. The number of methoxy groups -OCH3 is 1. The topological polar surface area (TPSA) is 37.5 Å². The molecule has 0 bridgehead atoms. The van der Waals surface area contributed by atoms with E-state index in [9.17, 15) is 0 Å². The summed E-state index contributed by atoms with van der Waals surface area (Å²) >= 11 is 0. The molecule has 2 rings (SSSR count). The van der Waals surface area contributed by atoms with Crippen LogP contribution >= 0.6 is 0 Å². The lowest BCUT2D eigenvalue weighted by atomic mass is 10.2. The van der Waals surface area contributed by atoms with E-state index in [0.717, 1.165) is 16.9 Å². The first-order valence-electron chi connectivity index (χ1n) is 6.12. The normalized spacial score (nSPS) is 10.6. The third-order valence-electron chi connectivity index (χ3n) is 2.75. The Morgan fingerprint density at radius 3 is 2.47 bits per heavy atom. The highest BCUT2D eigenvalue weighted by molar-refractivity contribution is 5.78. The van der Waals surface area contributed by atoms with Crippen molar-refractivity contribution in [2.75, 3.05) is 7.11 Å². The van der Waals surface area contributed by atoms with Crippen LogP contribution < -0.4 is 14.7 Å². The fourth-order valence-corrected chi connectivity index (χ4v) is 1.60. The summed E-state index contributed by atoms with van der Waals surface area (Å²) in [6.45, 7) is 0.696. The van der Waals surface area contributed by atoms with Gasteiger partial charge in [0.05, 0.1) is 19.9 Å². The average molecular weight is 256 g/mol. The number of hydrogen-bond acceptors (Lipinski definition) is 3. The Morgan fingerprint density at radius 2 is 1.84 bits per heavy atom. The van der Waals surface area contributed by atoms with Crippen LogP contribution in [0.2, 0.25) is 0 Å². The first kappa shape index (κ1) is 13.1. The summed E-state index contributed by atoms with van der Waals surface area (Å²) in [6, 6.07) is 11.9. The minimum Gasteiger partial charge on any atom is -0.497 e. The Hall–Kier alpha value is -2.36. The Balaban J connectivity index is 1.83. The third kappa shape index (κ3) is 4.10. The van der Waals surface area contributed by atoms with Gasteiger partial charge in [0.15, 0.2) is 12.4 Å². The molecule has 1 heterocycles. The zero-order chi connectivity index (χ0) is 13.5. The number of aryl methyl sites for hydroxylation is 1. The molecule has 19 heavy (non-hydrogen) atoms. The molecular weight excluding hydrogens is 238 g/mol. The Kier molecular flexibility index (Phi) is 4.50. The smallest absolute Gasteiger partial charge is 0.169 e. The van der Waals surface area contributed by atoms with Crippen LogP contribution in [0.25, 0.3) is 0 Å². The molecule has 2 aromatic rings. The highest BCUT2D eigenvalue weighted by Crippen LogP contribution is 2.10. The van der Waals surface area contributed by atoms with Crippen molar-refractivity contribution < 1.29 is 9.30 Å². The van der Waals surface area contributed by atoms with Crippen LogP contribution in [-0.4, -0.2) is 13.3 Å². The Bertz CT molecular complexity index is 532. The lowest BCUT2D eigenvalue weighted by Gasteiger charge is -2.02. The van der Waals surface area contributed by atoms with Crippen molar-refractivity contribution in [2.45, 2.75) is 6.54 Å². The van der Waals surface area contributed by atoms with Gasteiger partial charge in [-0.3, -0.25) is 0 Å². The van der Waals surface area contributed by atoms with Crippen molar-refractivity contribution in [3.8, 4) is 5.75 Å². The summed E-state index contributed by atoms with van der Waals surface area (Å²) in [7, 11) is 3.65. The molecule has 0 radical (unpaired) electrons. The van der Waals surface area contributed by atoms with E-state index in [1.165, 1.54) is 0 Å². The number of benzene rings is 1. The number of hydrazone groups is 1. The van der Waals surface area contributed by atoms with Crippen LogP contribution in [0.4, 0.5) is 0 Å². The van der Waals surface area contributed by atoms with Gasteiger partial charge >= 0.3 is 0 Å². The zero-order valence-electron chi connectivity index (χ0n) is 11.2. The first-order chi connectivity index (χ1) is 9.28. The molecule has 4 nitrogen and oxygen atoms in total. The van der Waals surface area contributed by atoms with Gasteiger partial charge in [-0.15, -0.1) is 0 Å². The molecule has 1 N–H and O–H groups in total. The molecule has 98 valence electrons. The average Bonchev–Trinajstić information content (AvgIpc) is 2.46. The molecule has 0 saturated carbocycles. The summed E-state index contributed by atoms with van der Waals surface area (Å²) in [5.41, 5.74) is 5.26. The maximum atomic E-state index is 5.11. The minimum absolute atomic E-state index is 0.696. The SMILES string of the molecule is COc1ccc(CNN=Cc2cc[n+](C)cc2)cc1. The van der Waals surface area contributed by atoms with E-state index in [2.05, 4.69) is 10.5 Å². The lowest BCUT2D eigenvalue weighted by molar-refractivity contribution is -0.671. The van der Waals surface area contributed by atoms with Crippen LogP contribution in [0, 0.1) is 0 Å². The van der Waals surface area contributed by atoms with E-state index in [0.29, 0.717) is 6.54 Å². The number of pyridine rings is 1. The fraction of sp³-hybridized carbons (Fsp3) is 0.200. The van der Waals surface area contributed by atoms with Gasteiger partial charge in [-0.25, -0.2) is 4.57 Å². The molecule has 1 aromatic carbocycles. The second kappa shape index (κ2) is 6.54. The number of aromatic nitrogens is 1. The van der Waals surface area contributed by atoms with Crippen LogP contribution in [0.15, 0.2) is 53.9 Å². The number of ether oxygens (including phenoxy) is 1. The van der Waals surface area contributed by atoms with E-state index in [1.54, 1.807) is 7.11 Å². The molecule has 0 spiro atoms. The predicted molar refractivity (Wildman–Crippen MR) is 75.0 cm³/mol. The van der Waals surface area contributed by atoms with Gasteiger partial charge in [-0.05, 0) is 17.7 Å². The van der Waals surface area contributed by atoms with E-state index in [4.69, 9.17) is 4.74 Å². The lowest BCUT2D eigenvalue weighted by Crippen LogP contribution is -2.25. The molecule has 0 fully saturated rings. The summed E-state index contributed by atoms with van der Waals surface area (Å²) in [6.07, 6.45) is 5.79. The molecule has 0 atom stereocenters. The second-order valence-corrected chi connectivity index (χ2v) is 4.24. The van der Waals surface area contributed by atoms with E-state index >= 15 is 0 Å². The Morgan fingerprint density at radius 1 is 1.16 bits per heavy atom. The summed E-state index contributed by atoms with van der Waals surface area (Å²) in [4.78, 5) is 0. The van der Waals surface area contributed by atoms with Crippen LogP contribution in [0.5, 0.6) is 5.75 Å².